The molecule has 1 aliphatic carbocycles. The first-order chi connectivity index (χ1) is 9.53. The van der Waals surface area contributed by atoms with E-state index in [4.69, 9.17) is 11.6 Å². The lowest BCUT2D eigenvalue weighted by Gasteiger charge is -2.40. The molecule has 0 saturated heterocycles. The summed E-state index contributed by atoms with van der Waals surface area (Å²) >= 11 is 6.45. The maximum atomic E-state index is 12.6. The van der Waals surface area contributed by atoms with Crippen LogP contribution in [0.2, 0.25) is 0 Å². The Kier molecular flexibility index (Phi) is 3.40. The number of alkyl halides is 1. The maximum absolute atomic E-state index is 12.6. The van der Waals surface area contributed by atoms with Gasteiger partial charge in [-0.3, -0.25) is 4.79 Å². The van der Waals surface area contributed by atoms with Gasteiger partial charge in [0.25, 0.3) is 5.91 Å². The van der Waals surface area contributed by atoms with Gasteiger partial charge in [-0.05, 0) is 26.2 Å². The quantitative estimate of drug-likeness (QED) is 0.665. The number of H-pyrrole nitrogens is 1. The number of hydrogen-bond donors (Lipinski definition) is 2. The van der Waals surface area contributed by atoms with Gasteiger partial charge in [0.2, 0.25) is 0 Å². The summed E-state index contributed by atoms with van der Waals surface area (Å²) in [6.07, 6.45) is 5.66. The molecule has 6 heteroatoms. The fourth-order valence-electron chi connectivity index (χ4n) is 3.17. The molecule has 1 fully saturated rings. The van der Waals surface area contributed by atoms with Gasteiger partial charge in [-0.2, -0.15) is 0 Å². The molecule has 1 aromatic heterocycles. The van der Waals surface area contributed by atoms with E-state index in [9.17, 15) is 4.79 Å². The number of rotatable bonds is 3. The second kappa shape index (κ2) is 4.95. The van der Waals surface area contributed by atoms with Gasteiger partial charge in [-0.25, -0.2) is 4.98 Å². The summed E-state index contributed by atoms with van der Waals surface area (Å²) in [6.45, 7) is 4.46. The zero-order valence-corrected chi connectivity index (χ0v) is 12.8. The third-order valence-corrected chi connectivity index (χ3v) is 4.52. The van der Waals surface area contributed by atoms with Crippen molar-refractivity contribution >= 4 is 23.3 Å². The predicted octanol–water partition coefficient (Wildman–Crippen LogP) is 3.26. The second-order valence-corrected chi connectivity index (χ2v) is 6.60. The van der Waals surface area contributed by atoms with Crippen LogP contribution < -0.4 is 5.32 Å². The van der Waals surface area contributed by atoms with E-state index in [0.717, 1.165) is 25.1 Å². The van der Waals surface area contributed by atoms with Crippen LogP contribution in [0.5, 0.6) is 0 Å². The molecule has 0 bridgehead atoms. The Labute approximate surface area is 124 Å². The van der Waals surface area contributed by atoms with E-state index >= 15 is 0 Å². The van der Waals surface area contributed by atoms with Crippen molar-refractivity contribution in [2.75, 3.05) is 11.9 Å². The summed E-state index contributed by atoms with van der Waals surface area (Å²) in [5.74, 6) is 1.92. The lowest BCUT2D eigenvalue weighted by Crippen LogP contribution is -2.54. The number of hydrogen-bond acceptors (Lipinski definition) is 3. The van der Waals surface area contributed by atoms with Crippen LogP contribution >= 0.6 is 11.6 Å². The average molecular weight is 297 g/mol. The van der Waals surface area contributed by atoms with Crippen LogP contribution in [-0.2, 0) is 0 Å². The largest absolute Gasteiger partial charge is 0.336 e. The van der Waals surface area contributed by atoms with Crippen molar-refractivity contribution in [2.24, 2.45) is 0 Å². The Bertz CT molecular complexity index is 519. The molecule has 1 atom stereocenters. The Hall–Kier alpha value is -1.23. The summed E-state index contributed by atoms with van der Waals surface area (Å²) in [7, 11) is 0. The number of aromatic nitrogens is 2. The Morgan fingerprint density at radius 2 is 2.15 bits per heavy atom. The Morgan fingerprint density at radius 1 is 1.45 bits per heavy atom. The van der Waals surface area contributed by atoms with Crippen molar-refractivity contribution in [3.05, 3.63) is 11.5 Å². The number of anilines is 1. The topological polar surface area (TPSA) is 61.0 Å². The smallest absolute Gasteiger partial charge is 0.276 e. The number of amides is 1. The molecule has 2 heterocycles. The SMILES string of the molecule is CCCN1C(=O)c2[nH]c(C3CCCC3)nc2NC1(C)Cl. The highest BCUT2D eigenvalue weighted by Crippen LogP contribution is 2.37. The Balaban J connectivity index is 1.93. The van der Waals surface area contributed by atoms with E-state index in [-0.39, 0.29) is 5.91 Å². The first-order valence-corrected chi connectivity index (χ1v) is 7.79. The van der Waals surface area contributed by atoms with Crippen LogP contribution in [0.15, 0.2) is 0 Å². The van der Waals surface area contributed by atoms with Crippen LogP contribution in [0, 0.1) is 0 Å². The zero-order chi connectivity index (χ0) is 14.3. The first kappa shape index (κ1) is 13.7. The molecule has 1 aliphatic heterocycles. The van der Waals surface area contributed by atoms with Crippen LogP contribution in [0.4, 0.5) is 5.82 Å². The minimum Gasteiger partial charge on any atom is -0.336 e. The van der Waals surface area contributed by atoms with E-state index < -0.39 is 5.12 Å². The number of carbonyl (C=O) groups is 1. The predicted molar refractivity (Wildman–Crippen MR) is 79.0 cm³/mol. The monoisotopic (exact) mass is 296 g/mol. The number of aromatic amines is 1. The Morgan fingerprint density at radius 3 is 2.80 bits per heavy atom. The molecule has 1 aromatic rings. The first-order valence-electron chi connectivity index (χ1n) is 7.42. The molecule has 0 aromatic carbocycles. The van der Waals surface area contributed by atoms with Gasteiger partial charge in [0.05, 0.1) is 0 Å². The summed E-state index contributed by atoms with van der Waals surface area (Å²) in [6, 6.07) is 0. The summed E-state index contributed by atoms with van der Waals surface area (Å²) in [4.78, 5) is 22.0. The molecule has 3 rings (SSSR count). The van der Waals surface area contributed by atoms with Crippen LogP contribution in [0.25, 0.3) is 0 Å². The standard InChI is InChI=1S/C14H21ClN4O/c1-3-8-19-13(20)10-12(18-14(19,2)15)17-11(16-10)9-6-4-5-7-9/h9,18H,3-8H2,1-2H3,(H,16,17). The van der Waals surface area contributed by atoms with E-state index in [0.29, 0.717) is 24.0 Å². The summed E-state index contributed by atoms with van der Waals surface area (Å²) < 4.78 is 0. The van der Waals surface area contributed by atoms with Gasteiger partial charge in [-0.15, -0.1) is 0 Å². The average Bonchev–Trinajstić information content (AvgIpc) is 3.01. The number of nitrogens with zero attached hydrogens (tertiary/aromatic N) is 2. The van der Waals surface area contributed by atoms with E-state index in [1.54, 1.807) is 11.8 Å². The molecule has 0 spiro atoms. The summed E-state index contributed by atoms with van der Waals surface area (Å²) in [5.41, 5.74) is 0.554. The van der Waals surface area contributed by atoms with Crippen LogP contribution in [-0.4, -0.2) is 32.4 Å². The molecule has 1 saturated carbocycles. The van der Waals surface area contributed by atoms with Crippen molar-refractivity contribution < 1.29 is 4.79 Å². The highest BCUT2D eigenvalue weighted by Gasteiger charge is 2.41. The molecule has 110 valence electrons. The highest BCUT2D eigenvalue weighted by molar-refractivity contribution is 6.27. The van der Waals surface area contributed by atoms with Crippen molar-refractivity contribution in [1.82, 2.24) is 14.9 Å². The van der Waals surface area contributed by atoms with Crippen molar-refractivity contribution in [3.8, 4) is 0 Å². The highest BCUT2D eigenvalue weighted by atomic mass is 35.5. The van der Waals surface area contributed by atoms with Gasteiger partial charge >= 0.3 is 0 Å². The molecule has 1 unspecified atom stereocenters. The molecule has 2 N–H and O–H groups in total. The number of carbonyl (C=O) groups excluding carboxylic acids is 1. The third-order valence-electron chi connectivity index (χ3n) is 4.22. The van der Waals surface area contributed by atoms with E-state index in [1.165, 1.54) is 12.8 Å². The fraction of sp³-hybridized carbons (Fsp3) is 0.714. The lowest BCUT2D eigenvalue weighted by atomic mass is 10.1. The second-order valence-electron chi connectivity index (χ2n) is 5.86. The van der Waals surface area contributed by atoms with Crippen molar-refractivity contribution in [2.45, 2.75) is 57.0 Å². The molecule has 1 amide bonds. The van der Waals surface area contributed by atoms with E-state index in [2.05, 4.69) is 15.3 Å². The van der Waals surface area contributed by atoms with Gasteiger partial charge in [0.1, 0.15) is 11.5 Å². The van der Waals surface area contributed by atoms with Gasteiger partial charge in [0.15, 0.2) is 10.9 Å². The maximum Gasteiger partial charge on any atom is 0.276 e. The van der Waals surface area contributed by atoms with Crippen molar-refractivity contribution in [1.29, 1.82) is 0 Å². The number of imidazole rings is 1. The van der Waals surface area contributed by atoms with Gasteiger partial charge in [-0.1, -0.05) is 31.4 Å². The number of fused-ring (bicyclic) bond motifs is 1. The molecule has 5 nitrogen and oxygen atoms in total. The molecule has 2 aliphatic rings. The van der Waals surface area contributed by atoms with Crippen LogP contribution in [0.3, 0.4) is 0 Å². The molecular formula is C14H21ClN4O. The summed E-state index contributed by atoms with van der Waals surface area (Å²) in [5, 5.41) is 2.27. The number of nitrogens with one attached hydrogen (secondary N) is 2. The molecular weight excluding hydrogens is 276 g/mol. The van der Waals surface area contributed by atoms with E-state index in [1.807, 2.05) is 6.92 Å². The zero-order valence-electron chi connectivity index (χ0n) is 12.0. The molecule has 20 heavy (non-hydrogen) atoms. The van der Waals surface area contributed by atoms with Gasteiger partial charge < -0.3 is 15.2 Å². The van der Waals surface area contributed by atoms with Crippen LogP contribution in [0.1, 0.15) is 68.2 Å². The fourth-order valence-corrected chi connectivity index (χ4v) is 3.42. The minimum atomic E-state index is -0.901. The number of halogens is 1. The third kappa shape index (κ3) is 2.18. The normalized spacial score (nSPS) is 26.8. The lowest BCUT2D eigenvalue weighted by molar-refractivity contribution is 0.0653. The van der Waals surface area contributed by atoms with Gasteiger partial charge in [0, 0.05) is 12.5 Å². The molecule has 0 radical (unpaired) electrons. The van der Waals surface area contributed by atoms with Crippen molar-refractivity contribution in [3.63, 3.8) is 0 Å². The minimum absolute atomic E-state index is 0.0603.